The number of halogens is 1. The summed E-state index contributed by atoms with van der Waals surface area (Å²) in [6.07, 6.45) is 1.50. The minimum Gasteiger partial charge on any atom is -0.394 e. The summed E-state index contributed by atoms with van der Waals surface area (Å²) in [5.41, 5.74) is 6.95. The fourth-order valence-corrected chi connectivity index (χ4v) is 1.89. The van der Waals surface area contributed by atoms with Crippen LogP contribution in [0.4, 0.5) is 16.0 Å². The fraction of sp³-hybridized carbons (Fsp3) is 0.333. The van der Waals surface area contributed by atoms with Gasteiger partial charge in [0.2, 0.25) is 0 Å². The first kappa shape index (κ1) is 15.2. The van der Waals surface area contributed by atoms with Crippen LogP contribution in [0.5, 0.6) is 0 Å². The van der Waals surface area contributed by atoms with Gasteiger partial charge in [0.1, 0.15) is 5.82 Å². The van der Waals surface area contributed by atoms with Crippen molar-refractivity contribution >= 4 is 11.6 Å². The number of hydrogen-bond acceptors (Lipinski definition) is 5. The summed E-state index contributed by atoms with van der Waals surface area (Å²) < 4.78 is 13.3. The Kier molecular flexibility index (Phi) is 4.70. The number of benzene rings is 1. The molecule has 0 aliphatic rings. The predicted octanol–water partition coefficient (Wildman–Crippen LogP) is 2.29. The Morgan fingerprint density at radius 3 is 2.76 bits per heavy atom. The van der Waals surface area contributed by atoms with Gasteiger partial charge in [-0.15, -0.1) is 0 Å². The third-order valence-electron chi connectivity index (χ3n) is 3.24. The number of nitrogens with two attached hydrogens (primary N) is 1. The summed E-state index contributed by atoms with van der Waals surface area (Å²) in [5.74, 6) is 0.504. The van der Waals surface area contributed by atoms with Crippen LogP contribution in [0.25, 0.3) is 11.3 Å². The average Bonchev–Trinajstić information content (AvgIpc) is 2.46. The standard InChI is InChI=1S/C15H19FN4O/c1-9(2)13(8-21)20-15-14(17)18-7-12(19-15)10-4-3-5-11(16)6-10/h3-7,9,13,21H,8H2,1-2H3,(H2,17,18)(H,19,20)/t13-/m1/s1. The normalized spacial score (nSPS) is 12.4. The third kappa shape index (κ3) is 3.66. The quantitative estimate of drug-likeness (QED) is 0.787. The molecule has 0 amide bonds. The summed E-state index contributed by atoms with van der Waals surface area (Å²) in [6, 6.07) is 5.94. The van der Waals surface area contributed by atoms with Crippen molar-refractivity contribution in [2.24, 2.45) is 5.92 Å². The second-order valence-corrected chi connectivity index (χ2v) is 5.18. The lowest BCUT2D eigenvalue weighted by molar-refractivity contribution is 0.249. The lowest BCUT2D eigenvalue weighted by Gasteiger charge is -2.21. The molecule has 1 atom stereocenters. The largest absolute Gasteiger partial charge is 0.394 e. The molecule has 2 rings (SSSR count). The number of aromatic nitrogens is 2. The van der Waals surface area contributed by atoms with Crippen molar-refractivity contribution < 1.29 is 9.50 Å². The van der Waals surface area contributed by atoms with E-state index in [4.69, 9.17) is 5.73 Å². The van der Waals surface area contributed by atoms with Crippen molar-refractivity contribution in [2.75, 3.05) is 17.7 Å². The van der Waals surface area contributed by atoms with Gasteiger partial charge in [-0.05, 0) is 18.1 Å². The lowest BCUT2D eigenvalue weighted by atomic mass is 10.1. The van der Waals surface area contributed by atoms with Gasteiger partial charge in [-0.2, -0.15) is 0 Å². The van der Waals surface area contributed by atoms with E-state index in [2.05, 4.69) is 15.3 Å². The fourth-order valence-electron chi connectivity index (χ4n) is 1.89. The Balaban J connectivity index is 2.33. The smallest absolute Gasteiger partial charge is 0.169 e. The molecule has 1 aromatic carbocycles. The molecule has 5 nitrogen and oxygen atoms in total. The molecule has 21 heavy (non-hydrogen) atoms. The van der Waals surface area contributed by atoms with Crippen molar-refractivity contribution in [1.29, 1.82) is 0 Å². The van der Waals surface area contributed by atoms with E-state index in [0.29, 0.717) is 17.1 Å². The zero-order chi connectivity index (χ0) is 15.4. The lowest BCUT2D eigenvalue weighted by Crippen LogP contribution is -2.30. The molecule has 0 aliphatic heterocycles. The number of nitrogen functional groups attached to an aromatic ring is 1. The first-order valence-corrected chi connectivity index (χ1v) is 6.77. The van der Waals surface area contributed by atoms with Crippen LogP contribution in [0.15, 0.2) is 30.5 Å². The number of nitrogens with zero attached hydrogens (tertiary/aromatic N) is 2. The van der Waals surface area contributed by atoms with Crippen molar-refractivity contribution in [3.8, 4) is 11.3 Å². The molecule has 4 N–H and O–H groups in total. The molecule has 0 bridgehead atoms. The van der Waals surface area contributed by atoms with E-state index in [0.717, 1.165) is 0 Å². The number of rotatable bonds is 5. The van der Waals surface area contributed by atoms with E-state index in [1.165, 1.54) is 18.3 Å². The molecular formula is C15H19FN4O. The van der Waals surface area contributed by atoms with Crippen molar-refractivity contribution in [3.63, 3.8) is 0 Å². The molecule has 0 saturated heterocycles. The van der Waals surface area contributed by atoms with Gasteiger partial charge in [-0.1, -0.05) is 26.0 Å². The highest BCUT2D eigenvalue weighted by molar-refractivity contribution is 5.65. The predicted molar refractivity (Wildman–Crippen MR) is 81.2 cm³/mol. The van der Waals surface area contributed by atoms with E-state index in [1.807, 2.05) is 13.8 Å². The van der Waals surface area contributed by atoms with E-state index in [-0.39, 0.29) is 30.2 Å². The van der Waals surface area contributed by atoms with Gasteiger partial charge in [0, 0.05) is 5.56 Å². The van der Waals surface area contributed by atoms with Crippen LogP contribution in [-0.2, 0) is 0 Å². The maximum absolute atomic E-state index is 13.3. The summed E-state index contributed by atoms with van der Waals surface area (Å²) >= 11 is 0. The Morgan fingerprint density at radius 2 is 2.14 bits per heavy atom. The van der Waals surface area contributed by atoms with Crippen molar-refractivity contribution in [3.05, 3.63) is 36.3 Å². The highest BCUT2D eigenvalue weighted by atomic mass is 19.1. The summed E-state index contributed by atoms with van der Waals surface area (Å²) in [7, 11) is 0. The van der Waals surface area contributed by atoms with Crippen LogP contribution in [0.3, 0.4) is 0 Å². The summed E-state index contributed by atoms with van der Waals surface area (Å²) in [5, 5.41) is 12.4. The van der Waals surface area contributed by atoms with Crippen LogP contribution in [-0.4, -0.2) is 27.7 Å². The third-order valence-corrected chi connectivity index (χ3v) is 3.24. The first-order chi connectivity index (χ1) is 10.0. The monoisotopic (exact) mass is 290 g/mol. The molecule has 2 aromatic rings. The first-order valence-electron chi connectivity index (χ1n) is 6.77. The van der Waals surface area contributed by atoms with Gasteiger partial charge >= 0.3 is 0 Å². The molecule has 0 aliphatic carbocycles. The van der Waals surface area contributed by atoms with Gasteiger partial charge < -0.3 is 16.2 Å². The Bertz CT molecular complexity index is 618. The van der Waals surface area contributed by atoms with Crippen LogP contribution in [0, 0.1) is 11.7 Å². The van der Waals surface area contributed by atoms with Crippen molar-refractivity contribution in [2.45, 2.75) is 19.9 Å². The second-order valence-electron chi connectivity index (χ2n) is 5.18. The second kappa shape index (κ2) is 6.49. The Labute approximate surface area is 123 Å². The van der Waals surface area contributed by atoms with Crippen LogP contribution < -0.4 is 11.1 Å². The molecule has 1 heterocycles. The van der Waals surface area contributed by atoms with Crippen LogP contribution in [0.1, 0.15) is 13.8 Å². The number of aliphatic hydroxyl groups excluding tert-OH is 1. The number of hydrogen-bond donors (Lipinski definition) is 3. The maximum atomic E-state index is 13.3. The van der Waals surface area contributed by atoms with Gasteiger partial charge in [0.25, 0.3) is 0 Å². The molecule has 0 fully saturated rings. The Hall–Kier alpha value is -2.21. The number of nitrogens with one attached hydrogen (secondary N) is 1. The average molecular weight is 290 g/mol. The van der Waals surface area contributed by atoms with Crippen LogP contribution in [0.2, 0.25) is 0 Å². The van der Waals surface area contributed by atoms with Crippen LogP contribution >= 0.6 is 0 Å². The minimum atomic E-state index is -0.337. The Morgan fingerprint density at radius 1 is 1.38 bits per heavy atom. The molecule has 0 spiro atoms. The number of aliphatic hydroxyl groups is 1. The summed E-state index contributed by atoms with van der Waals surface area (Å²) in [4.78, 5) is 8.46. The van der Waals surface area contributed by atoms with E-state index >= 15 is 0 Å². The molecule has 0 unspecified atom stereocenters. The maximum Gasteiger partial charge on any atom is 0.169 e. The molecule has 0 radical (unpaired) electrons. The highest BCUT2D eigenvalue weighted by Crippen LogP contribution is 2.23. The molecule has 112 valence electrons. The number of anilines is 2. The SMILES string of the molecule is CC(C)[C@@H](CO)Nc1nc(-c2cccc(F)c2)cnc1N. The van der Waals surface area contributed by atoms with Gasteiger partial charge in [-0.25, -0.2) is 14.4 Å². The molecular weight excluding hydrogens is 271 g/mol. The highest BCUT2D eigenvalue weighted by Gasteiger charge is 2.15. The zero-order valence-electron chi connectivity index (χ0n) is 12.0. The van der Waals surface area contributed by atoms with E-state index < -0.39 is 0 Å². The molecule has 6 heteroatoms. The van der Waals surface area contributed by atoms with E-state index in [9.17, 15) is 9.50 Å². The van der Waals surface area contributed by atoms with E-state index in [1.54, 1.807) is 12.1 Å². The summed E-state index contributed by atoms with van der Waals surface area (Å²) in [6.45, 7) is 3.92. The molecule has 1 aromatic heterocycles. The molecule has 0 saturated carbocycles. The van der Waals surface area contributed by atoms with Gasteiger partial charge in [-0.3, -0.25) is 0 Å². The van der Waals surface area contributed by atoms with Gasteiger partial charge in [0.15, 0.2) is 11.6 Å². The van der Waals surface area contributed by atoms with Gasteiger partial charge in [0.05, 0.1) is 24.5 Å². The van der Waals surface area contributed by atoms with Crippen molar-refractivity contribution in [1.82, 2.24) is 9.97 Å². The zero-order valence-corrected chi connectivity index (χ0v) is 12.0. The minimum absolute atomic E-state index is 0.0387. The topological polar surface area (TPSA) is 84.1 Å².